The van der Waals surface area contributed by atoms with Crippen LogP contribution in [-0.4, -0.2) is 17.2 Å². The van der Waals surface area contributed by atoms with E-state index in [9.17, 15) is 9.90 Å². The molecule has 0 aliphatic heterocycles. The lowest BCUT2D eigenvalue weighted by atomic mass is 9.55. The maximum absolute atomic E-state index is 12.2. The van der Waals surface area contributed by atoms with E-state index in [1.165, 1.54) is 30.4 Å². The Morgan fingerprint density at radius 3 is 2.92 bits per heavy atom. The van der Waals surface area contributed by atoms with Gasteiger partial charge >= 0.3 is 5.97 Å². The predicted octanol–water partition coefficient (Wildman–Crippen LogP) is 5.35. The Balaban J connectivity index is 1.51. The van der Waals surface area contributed by atoms with Crippen LogP contribution < -0.4 is 0 Å². The molecule has 2 saturated carbocycles. The van der Waals surface area contributed by atoms with Gasteiger partial charge in [-0.15, -0.1) is 0 Å². The van der Waals surface area contributed by atoms with Gasteiger partial charge < -0.3 is 9.84 Å². The van der Waals surface area contributed by atoms with Gasteiger partial charge in [-0.05, 0) is 86.0 Å². The van der Waals surface area contributed by atoms with E-state index in [4.69, 9.17) is 4.74 Å². The Kier molecular flexibility index (Phi) is 4.75. The molecule has 1 N–H and O–H groups in total. The molecule has 0 aromatic heterocycles. The molecule has 0 radical (unpaired) electrons. The molecule has 3 heteroatoms. The summed E-state index contributed by atoms with van der Waals surface area (Å²) in [6, 6.07) is 5.97. The van der Waals surface area contributed by atoms with Gasteiger partial charge in [0.2, 0.25) is 0 Å². The lowest BCUT2D eigenvalue weighted by molar-refractivity contribution is -0.157. The fourth-order valence-corrected chi connectivity index (χ4v) is 6.25. The molecule has 0 saturated heterocycles. The van der Waals surface area contributed by atoms with Crippen molar-refractivity contribution in [2.75, 3.05) is 0 Å². The zero-order valence-electron chi connectivity index (χ0n) is 16.2. The second-order valence-electron chi connectivity index (χ2n) is 9.00. The maximum atomic E-state index is 12.2. The number of hydrogen-bond donors (Lipinski definition) is 1. The number of carbonyl (C=O) groups is 1. The molecule has 26 heavy (non-hydrogen) atoms. The van der Waals surface area contributed by atoms with Crippen molar-refractivity contribution in [1.29, 1.82) is 0 Å². The van der Waals surface area contributed by atoms with Gasteiger partial charge in [0.15, 0.2) is 0 Å². The van der Waals surface area contributed by atoms with Crippen molar-refractivity contribution in [3.63, 3.8) is 0 Å². The minimum Gasteiger partial charge on any atom is -0.508 e. The third-order valence-electron chi connectivity index (χ3n) is 7.63. The Bertz CT molecular complexity index is 682. The van der Waals surface area contributed by atoms with E-state index in [0.717, 1.165) is 32.1 Å². The van der Waals surface area contributed by atoms with E-state index in [-0.39, 0.29) is 17.5 Å². The molecule has 0 unspecified atom stereocenters. The minimum atomic E-state index is 0.00492. The first-order valence-corrected chi connectivity index (χ1v) is 10.5. The molecule has 1 aromatic rings. The second kappa shape index (κ2) is 6.90. The summed E-state index contributed by atoms with van der Waals surface area (Å²) in [5.74, 6) is 2.37. The number of carbonyl (C=O) groups excluding carboxylic acids is 1. The number of benzene rings is 1. The van der Waals surface area contributed by atoms with Crippen molar-refractivity contribution in [3.05, 3.63) is 29.3 Å². The van der Waals surface area contributed by atoms with Gasteiger partial charge in [-0.1, -0.05) is 26.3 Å². The van der Waals surface area contributed by atoms with Gasteiger partial charge in [-0.2, -0.15) is 0 Å². The van der Waals surface area contributed by atoms with Crippen LogP contribution in [0.4, 0.5) is 0 Å². The molecule has 3 aliphatic rings. The second-order valence-corrected chi connectivity index (χ2v) is 9.00. The van der Waals surface area contributed by atoms with Crippen LogP contribution in [0.1, 0.15) is 82.3 Å². The van der Waals surface area contributed by atoms with Gasteiger partial charge in [0, 0.05) is 11.8 Å². The Hall–Kier alpha value is -1.51. The van der Waals surface area contributed by atoms with E-state index in [2.05, 4.69) is 19.9 Å². The summed E-state index contributed by atoms with van der Waals surface area (Å²) >= 11 is 0. The quantitative estimate of drug-likeness (QED) is 0.740. The first-order chi connectivity index (χ1) is 12.5. The average Bonchev–Trinajstić information content (AvgIpc) is 2.96. The fourth-order valence-electron chi connectivity index (χ4n) is 6.25. The van der Waals surface area contributed by atoms with Crippen molar-refractivity contribution >= 4 is 5.97 Å². The van der Waals surface area contributed by atoms with Gasteiger partial charge in [0.1, 0.15) is 11.9 Å². The van der Waals surface area contributed by atoms with Crippen LogP contribution in [-0.2, 0) is 16.0 Å². The summed E-state index contributed by atoms with van der Waals surface area (Å²) in [5.41, 5.74) is 2.96. The summed E-state index contributed by atoms with van der Waals surface area (Å²) in [7, 11) is 0. The summed E-state index contributed by atoms with van der Waals surface area (Å²) in [6.45, 7) is 4.49. The van der Waals surface area contributed by atoms with Crippen LogP contribution in [0.25, 0.3) is 0 Å². The zero-order chi connectivity index (χ0) is 18.3. The van der Waals surface area contributed by atoms with Crippen LogP contribution in [0, 0.1) is 17.3 Å². The molecular formula is C23H32O3. The zero-order valence-corrected chi connectivity index (χ0v) is 16.2. The van der Waals surface area contributed by atoms with Gasteiger partial charge in [-0.3, -0.25) is 4.79 Å². The normalized spacial score (nSPS) is 35.3. The van der Waals surface area contributed by atoms with Crippen LogP contribution in [0.5, 0.6) is 5.75 Å². The summed E-state index contributed by atoms with van der Waals surface area (Å²) in [5, 5.41) is 9.81. The highest BCUT2D eigenvalue weighted by atomic mass is 16.5. The predicted molar refractivity (Wildman–Crippen MR) is 102 cm³/mol. The number of esters is 1. The van der Waals surface area contributed by atoms with Crippen molar-refractivity contribution in [3.8, 4) is 5.75 Å². The van der Waals surface area contributed by atoms with Crippen molar-refractivity contribution in [2.45, 2.75) is 83.7 Å². The number of rotatable bonds is 4. The Morgan fingerprint density at radius 1 is 1.27 bits per heavy atom. The Labute approximate surface area is 157 Å². The number of aryl methyl sites for hydroxylation is 1. The van der Waals surface area contributed by atoms with Crippen molar-refractivity contribution < 1.29 is 14.6 Å². The summed E-state index contributed by atoms with van der Waals surface area (Å²) < 4.78 is 5.98. The molecule has 1 aromatic carbocycles. The number of phenolic OH excluding ortho intramolecular Hbond substituents is 1. The van der Waals surface area contributed by atoms with Gasteiger partial charge in [0.25, 0.3) is 0 Å². The van der Waals surface area contributed by atoms with E-state index < -0.39 is 0 Å². The third-order valence-corrected chi connectivity index (χ3v) is 7.63. The smallest absolute Gasteiger partial charge is 0.306 e. The molecule has 3 aliphatic carbocycles. The molecule has 0 bridgehead atoms. The third kappa shape index (κ3) is 2.93. The first kappa shape index (κ1) is 17.9. The van der Waals surface area contributed by atoms with Crippen molar-refractivity contribution in [1.82, 2.24) is 0 Å². The molecule has 142 valence electrons. The minimum absolute atomic E-state index is 0.00492. The fraction of sp³-hybridized carbons (Fsp3) is 0.696. The topological polar surface area (TPSA) is 46.5 Å². The molecule has 0 amide bonds. The summed E-state index contributed by atoms with van der Waals surface area (Å²) in [6.07, 6.45) is 9.47. The van der Waals surface area contributed by atoms with E-state index in [0.29, 0.717) is 29.9 Å². The van der Waals surface area contributed by atoms with Crippen LogP contribution in [0.2, 0.25) is 0 Å². The largest absolute Gasteiger partial charge is 0.508 e. The summed E-state index contributed by atoms with van der Waals surface area (Å²) in [4.78, 5) is 12.2. The number of aromatic hydroxyl groups is 1. The number of ether oxygens (including phenoxy) is 1. The SMILES string of the molecule is CCCCC(=O)O[C@@H]1CC[C@@H]2[C@@H]3CCc4cc(O)ccc4[C@@H]3CC[C@@]21C. The van der Waals surface area contributed by atoms with E-state index in [1.807, 2.05) is 12.1 Å². The maximum Gasteiger partial charge on any atom is 0.306 e. The molecule has 0 heterocycles. The lowest BCUT2D eigenvalue weighted by Gasteiger charge is -2.50. The standard InChI is InChI=1S/C23H32O3/c1-3-4-5-22(25)26-21-11-10-20-19-8-6-15-14-16(24)7-9-17(15)18(19)12-13-23(20,21)2/h7,9,14,18-21,24H,3-6,8,10-13H2,1-2H3/t18-,19+,20+,21+,23-/m0/s1. The van der Waals surface area contributed by atoms with Crippen LogP contribution in [0.15, 0.2) is 18.2 Å². The molecule has 0 spiro atoms. The highest BCUT2D eigenvalue weighted by molar-refractivity contribution is 5.69. The molecule has 2 fully saturated rings. The lowest BCUT2D eigenvalue weighted by Crippen LogP contribution is -2.45. The monoisotopic (exact) mass is 356 g/mol. The van der Waals surface area contributed by atoms with Crippen LogP contribution in [0.3, 0.4) is 0 Å². The van der Waals surface area contributed by atoms with E-state index >= 15 is 0 Å². The molecule has 3 nitrogen and oxygen atoms in total. The highest BCUT2D eigenvalue weighted by Gasteiger charge is 2.56. The first-order valence-electron chi connectivity index (χ1n) is 10.5. The van der Waals surface area contributed by atoms with Crippen LogP contribution >= 0.6 is 0 Å². The van der Waals surface area contributed by atoms with Gasteiger partial charge in [-0.25, -0.2) is 0 Å². The Morgan fingerprint density at radius 2 is 2.12 bits per heavy atom. The number of hydrogen-bond acceptors (Lipinski definition) is 3. The molecular weight excluding hydrogens is 324 g/mol. The molecule has 5 atom stereocenters. The number of unbranched alkanes of at least 4 members (excludes halogenated alkanes) is 1. The van der Waals surface area contributed by atoms with Gasteiger partial charge in [0.05, 0.1) is 0 Å². The average molecular weight is 357 g/mol. The molecule has 4 rings (SSSR count). The van der Waals surface area contributed by atoms with E-state index in [1.54, 1.807) is 0 Å². The highest BCUT2D eigenvalue weighted by Crippen LogP contribution is 2.61. The number of phenols is 1. The van der Waals surface area contributed by atoms with Crippen molar-refractivity contribution in [2.24, 2.45) is 17.3 Å². The number of fused-ring (bicyclic) bond motifs is 5.